The van der Waals surface area contributed by atoms with Gasteiger partial charge in [0.05, 0.1) is 11.9 Å². The van der Waals surface area contributed by atoms with Gasteiger partial charge in [0.2, 0.25) is 5.95 Å². The summed E-state index contributed by atoms with van der Waals surface area (Å²) in [6.45, 7) is 1.77. The highest BCUT2D eigenvalue weighted by Crippen LogP contribution is 2.16. The van der Waals surface area contributed by atoms with Crippen molar-refractivity contribution in [2.45, 2.75) is 6.92 Å². The fourth-order valence-electron chi connectivity index (χ4n) is 2.55. The molecule has 0 atom stereocenters. The number of carbonyl (C=O) groups excluding carboxylic acids is 1. The van der Waals surface area contributed by atoms with Crippen molar-refractivity contribution in [3.8, 4) is 5.95 Å². The Morgan fingerprint density at radius 3 is 2.92 bits per heavy atom. The zero-order valence-electron chi connectivity index (χ0n) is 14.0. The number of H-pyrrole nitrogens is 1. The monoisotopic (exact) mass is 350 g/mol. The van der Waals surface area contributed by atoms with Crippen LogP contribution in [0.1, 0.15) is 16.2 Å². The molecule has 26 heavy (non-hydrogen) atoms. The summed E-state index contributed by atoms with van der Waals surface area (Å²) in [5.74, 6) is 0.147. The molecule has 0 aliphatic rings. The van der Waals surface area contributed by atoms with Crippen LogP contribution in [0.5, 0.6) is 0 Å². The van der Waals surface area contributed by atoms with E-state index >= 15 is 0 Å². The first-order valence-corrected chi connectivity index (χ1v) is 7.74. The minimum absolute atomic E-state index is 0.176. The van der Waals surface area contributed by atoms with Crippen LogP contribution in [-0.2, 0) is 7.05 Å². The van der Waals surface area contributed by atoms with Crippen molar-refractivity contribution in [2.24, 2.45) is 7.05 Å². The maximum Gasteiger partial charge on any atom is 0.275 e. The average Bonchev–Trinajstić information content (AvgIpc) is 3.19. The quantitative estimate of drug-likeness (QED) is 0.563. The minimum Gasteiger partial charge on any atom is -0.305 e. The zero-order chi connectivity index (χ0) is 18.3. The smallest absolute Gasteiger partial charge is 0.275 e. The Labute approximate surface area is 146 Å². The largest absolute Gasteiger partial charge is 0.305 e. The van der Waals surface area contributed by atoms with Crippen LogP contribution in [0.4, 0.5) is 5.82 Å². The van der Waals surface area contributed by atoms with Crippen LogP contribution in [0.15, 0.2) is 41.5 Å². The molecule has 0 fully saturated rings. The lowest BCUT2D eigenvalue weighted by Crippen LogP contribution is -2.19. The van der Waals surface area contributed by atoms with E-state index in [2.05, 4.69) is 30.5 Å². The molecule has 0 spiro atoms. The SMILES string of the molecule is Cc1cc(NC(=O)c2ccccn2)n(-c2nc3c(cnn3C)c(=O)[nH]2)n1. The van der Waals surface area contributed by atoms with E-state index in [1.54, 1.807) is 38.2 Å². The number of aryl methyl sites for hydroxylation is 2. The lowest BCUT2D eigenvalue weighted by Gasteiger charge is -2.08. The summed E-state index contributed by atoms with van der Waals surface area (Å²) >= 11 is 0. The highest BCUT2D eigenvalue weighted by atomic mass is 16.2. The number of hydrogen-bond acceptors (Lipinski definition) is 6. The topological polar surface area (TPSA) is 123 Å². The number of hydrogen-bond donors (Lipinski definition) is 2. The molecule has 0 saturated heterocycles. The van der Waals surface area contributed by atoms with Crippen LogP contribution in [0.25, 0.3) is 17.0 Å². The van der Waals surface area contributed by atoms with E-state index in [9.17, 15) is 9.59 Å². The van der Waals surface area contributed by atoms with Gasteiger partial charge in [-0.1, -0.05) is 6.07 Å². The third-order valence-electron chi connectivity index (χ3n) is 3.76. The van der Waals surface area contributed by atoms with Crippen molar-refractivity contribution < 1.29 is 4.79 Å². The van der Waals surface area contributed by atoms with Gasteiger partial charge in [-0.05, 0) is 19.1 Å². The number of aromatic amines is 1. The Morgan fingerprint density at radius 2 is 2.15 bits per heavy atom. The van der Waals surface area contributed by atoms with Crippen LogP contribution in [0, 0.1) is 6.92 Å². The summed E-state index contributed by atoms with van der Waals surface area (Å²) in [6, 6.07) is 6.72. The molecule has 0 radical (unpaired) electrons. The number of nitrogens with zero attached hydrogens (tertiary/aromatic N) is 6. The van der Waals surface area contributed by atoms with Gasteiger partial charge in [-0.2, -0.15) is 19.9 Å². The van der Waals surface area contributed by atoms with E-state index in [-0.39, 0.29) is 17.2 Å². The first-order chi connectivity index (χ1) is 12.5. The van der Waals surface area contributed by atoms with Gasteiger partial charge in [0, 0.05) is 19.3 Å². The van der Waals surface area contributed by atoms with Gasteiger partial charge in [-0.25, -0.2) is 0 Å². The second-order valence-corrected chi connectivity index (χ2v) is 5.65. The number of anilines is 1. The number of pyridine rings is 1. The Hall–Kier alpha value is -3.82. The van der Waals surface area contributed by atoms with Gasteiger partial charge in [0.1, 0.15) is 16.9 Å². The predicted octanol–water partition coefficient (Wildman–Crippen LogP) is 0.798. The molecule has 130 valence electrons. The van der Waals surface area contributed by atoms with Gasteiger partial charge >= 0.3 is 0 Å². The van der Waals surface area contributed by atoms with E-state index in [0.717, 1.165) is 0 Å². The summed E-state index contributed by atoms with van der Waals surface area (Å²) in [7, 11) is 1.69. The lowest BCUT2D eigenvalue weighted by molar-refractivity contribution is 0.102. The number of fused-ring (bicyclic) bond motifs is 1. The van der Waals surface area contributed by atoms with Crippen LogP contribution >= 0.6 is 0 Å². The third kappa shape index (κ3) is 2.62. The van der Waals surface area contributed by atoms with Gasteiger partial charge in [0.15, 0.2) is 5.65 Å². The third-order valence-corrected chi connectivity index (χ3v) is 3.76. The molecule has 0 unspecified atom stereocenters. The molecule has 2 N–H and O–H groups in total. The van der Waals surface area contributed by atoms with Crippen LogP contribution < -0.4 is 10.9 Å². The Morgan fingerprint density at radius 1 is 1.31 bits per heavy atom. The number of rotatable bonds is 3. The van der Waals surface area contributed by atoms with Crippen LogP contribution in [-0.4, -0.2) is 40.4 Å². The molecule has 10 nitrogen and oxygen atoms in total. The van der Waals surface area contributed by atoms with E-state index in [4.69, 9.17) is 0 Å². The van der Waals surface area contributed by atoms with Crippen molar-refractivity contribution in [1.82, 2.24) is 34.5 Å². The lowest BCUT2D eigenvalue weighted by atomic mass is 10.3. The fourth-order valence-corrected chi connectivity index (χ4v) is 2.55. The normalized spacial score (nSPS) is 11.0. The Kier molecular flexibility index (Phi) is 3.57. The molecule has 0 aliphatic carbocycles. The molecule has 0 aromatic carbocycles. The average molecular weight is 350 g/mol. The maximum atomic E-state index is 12.4. The molecule has 0 saturated carbocycles. The molecule has 4 heterocycles. The molecular formula is C16H14N8O2. The standard InChI is InChI=1S/C16H14N8O2/c1-9-7-12(19-15(26)11-5-3-4-6-17-11)24(22-9)16-20-13-10(14(25)21-16)8-18-23(13)2/h3-8H,1-2H3,(H,19,26)(H,20,21,25). The number of aromatic nitrogens is 7. The molecule has 4 aromatic rings. The van der Waals surface area contributed by atoms with Crippen molar-refractivity contribution in [3.63, 3.8) is 0 Å². The van der Waals surface area contributed by atoms with Crippen molar-refractivity contribution in [3.05, 3.63) is 58.4 Å². The summed E-state index contributed by atoms with van der Waals surface area (Å²) in [6.07, 6.45) is 2.98. The molecule has 0 aliphatic heterocycles. The van der Waals surface area contributed by atoms with Gasteiger partial charge < -0.3 is 5.32 Å². The van der Waals surface area contributed by atoms with E-state index in [1.807, 2.05) is 0 Å². The van der Waals surface area contributed by atoms with Gasteiger partial charge in [0.25, 0.3) is 11.5 Å². The molecule has 10 heteroatoms. The number of nitrogens with one attached hydrogen (secondary N) is 2. The summed E-state index contributed by atoms with van der Waals surface area (Å²) < 4.78 is 2.86. The maximum absolute atomic E-state index is 12.4. The first-order valence-electron chi connectivity index (χ1n) is 7.74. The fraction of sp³-hybridized carbons (Fsp3) is 0.125. The highest BCUT2D eigenvalue weighted by molar-refractivity contribution is 6.02. The molecule has 1 amide bonds. The van der Waals surface area contributed by atoms with Crippen LogP contribution in [0.3, 0.4) is 0 Å². The summed E-state index contributed by atoms with van der Waals surface area (Å²) in [4.78, 5) is 35.7. The molecule has 4 rings (SSSR count). The van der Waals surface area contributed by atoms with Crippen molar-refractivity contribution >= 4 is 22.8 Å². The summed E-state index contributed by atoms with van der Waals surface area (Å²) in [5, 5.41) is 11.5. The Balaban J connectivity index is 1.78. The number of carbonyl (C=O) groups is 1. The zero-order valence-corrected chi connectivity index (χ0v) is 14.0. The van der Waals surface area contributed by atoms with Gasteiger partial charge in [-0.3, -0.25) is 24.2 Å². The van der Waals surface area contributed by atoms with E-state index in [0.29, 0.717) is 22.5 Å². The highest BCUT2D eigenvalue weighted by Gasteiger charge is 2.16. The van der Waals surface area contributed by atoms with Gasteiger partial charge in [-0.15, -0.1) is 0 Å². The first kappa shape index (κ1) is 15.7. The van der Waals surface area contributed by atoms with E-state index < -0.39 is 5.91 Å². The van der Waals surface area contributed by atoms with Crippen molar-refractivity contribution in [2.75, 3.05) is 5.32 Å². The molecule has 4 aromatic heterocycles. The van der Waals surface area contributed by atoms with E-state index in [1.165, 1.54) is 21.8 Å². The summed E-state index contributed by atoms with van der Waals surface area (Å²) in [5.41, 5.74) is 0.989. The molecule has 0 bridgehead atoms. The second kappa shape index (κ2) is 5.92. The molecular weight excluding hydrogens is 336 g/mol. The van der Waals surface area contributed by atoms with Crippen molar-refractivity contribution in [1.29, 1.82) is 0 Å². The minimum atomic E-state index is -0.393. The second-order valence-electron chi connectivity index (χ2n) is 5.65. The Bertz CT molecular complexity index is 1170. The number of amides is 1. The van der Waals surface area contributed by atoms with Crippen LogP contribution in [0.2, 0.25) is 0 Å². The predicted molar refractivity (Wildman–Crippen MR) is 93.2 cm³/mol.